The molecule has 62 valence electrons. The Kier molecular flexibility index (Phi) is 1.49. The van der Waals surface area contributed by atoms with E-state index in [0.717, 1.165) is 25.9 Å². The number of hydrogen-bond donors (Lipinski definition) is 1. The third-order valence-electron chi connectivity index (χ3n) is 2.19. The minimum atomic E-state index is -0.520. The van der Waals surface area contributed by atoms with E-state index in [-0.39, 0.29) is 5.60 Å². The lowest BCUT2D eigenvalue weighted by atomic mass is 9.95. The Balaban J connectivity index is 2.03. The molecule has 11 heavy (non-hydrogen) atoms. The summed E-state index contributed by atoms with van der Waals surface area (Å²) in [5, 5.41) is 3.18. The minimum absolute atomic E-state index is 0.338. The van der Waals surface area contributed by atoms with Gasteiger partial charge in [0.15, 0.2) is 5.60 Å². The Morgan fingerprint density at radius 1 is 1.55 bits per heavy atom. The fourth-order valence-corrected chi connectivity index (χ4v) is 1.58. The molecule has 2 rings (SSSR count). The molecule has 1 unspecified atom stereocenters. The van der Waals surface area contributed by atoms with Gasteiger partial charge in [0.2, 0.25) is 0 Å². The summed E-state index contributed by atoms with van der Waals surface area (Å²) in [6.45, 7) is 2.16. The Hall–Kier alpha value is -0.770. The number of rotatable bonds is 0. The van der Waals surface area contributed by atoms with Crippen LogP contribution >= 0.6 is 0 Å². The summed E-state index contributed by atoms with van der Waals surface area (Å²) in [6, 6.07) is 0. The molecule has 2 saturated heterocycles. The number of carbonyl (C=O) groups is 1. The van der Waals surface area contributed by atoms with Crippen LogP contribution in [-0.4, -0.2) is 31.5 Å². The highest BCUT2D eigenvalue weighted by Gasteiger charge is 2.43. The van der Waals surface area contributed by atoms with Crippen molar-refractivity contribution in [2.75, 3.05) is 19.7 Å². The van der Waals surface area contributed by atoms with Crippen LogP contribution in [0.25, 0.3) is 0 Å². The van der Waals surface area contributed by atoms with Crippen LogP contribution in [0, 0.1) is 0 Å². The van der Waals surface area contributed by atoms with Crippen molar-refractivity contribution in [3.05, 3.63) is 0 Å². The van der Waals surface area contributed by atoms with Gasteiger partial charge in [-0.15, -0.1) is 0 Å². The second-order valence-corrected chi connectivity index (χ2v) is 3.10. The Bertz CT molecular complexity index is 175. The lowest BCUT2D eigenvalue weighted by molar-refractivity contribution is 0.0366. The highest BCUT2D eigenvalue weighted by atomic mass is 16.8. The van der Waals surface area contributed by atoms with Crippen molar-refractivity contribution in [1.29, 1.82) is 0 Å². The Morgan fingerprint density at radius 2 is 2.45 bits per heavy atom. The van der Waals surface area contributed by atoms with E-state index < -0.39 is 6.16 Å². The predicted molar refractivity (Wildman–Crippen MR) is 37.3 cm³/mol. The first kappa shape index (κ1) is 6.91. The van der Waals surface area contributed by atoms with Crippen LogP contribution in [0.3, 0.4) is 0 Å². The zero-order valence-electron chi connectivity index (χ0n) is 6.26. The second-order valence-electron chi connectivity index (χ2n) is 3.10. The molecule has 0 aliphatic carbocycles. The fraction of sp³-hybridized carbons (Fsp3) is 0.857. The number of nitrogens with one attached hydrogen (secondary N) is 1. The molecule has 0 aromatic heterocycles. The standard InChI is InChI=1S/C7H11NO3/c9-6-10-5-7(11-6)2-1-3-8-4-7/h8H,1-5H2. The van der Waals surface area contributed by atoms with Gasteiger partial charge in [-0.2, -0.15) is 0 Å². The maximum Gasteiger partial charge on any atom is 0.509 e. The van der Waals surface area contributed by atoms with E-state index in [1.165, 1.54) is 0 Å². The fourth-order valence-electron chi connectivity index (χ4n) is 1.58. The lowest BCUT2D eigenvalue weighted by Gasteiger charge is -2.29. The molecule has 2 heterocycles. The number of carbonyl (C=O) groups excluding carboxylic acids is 1. The maximum absolute atomic E-state index is 10.6. The monoisotopic (exact) mass is 157 g/mol. The molecular weight excluding hydrogens is 146 g/mol. The topological polar surface area (TPSA) is 47.6 Å². The van der Waals surface area contributed by atoms with Crippen molar-refractivity contribution in [2.24, 2.45) is 0 Å². The number of hydrogen-bond acceptors (Lipinski definition) is 4. The van der Waals surface area contributed by atoms with E-state index in [1.54, 1.807) is 0 Å². The third kappa shape index (κ3) is 1.18. The highest BCUT2D eigenvalue weighted by molar-refractivity contribution is 5.62. The quantitative estimate of drug-likeness (QED) is 0.513. The van der Waals surface area contributed by atoms with Gasteiger partial charge in [0.05, 0.1) is 0 Å². The Labute approximate surface area is 64.9 Å². The molecule has 0 aromatic rings. The average Bonchev–Trinajstić information content (AvgIpc) is 2.34. The van der Waals surface area contributed by atoms with E-state index in [0.29, 0.717) is 6.61 Å². The molecular formula is C7H11NO3. The van der Waals surface area contributed by atoms with E-state index >= 15 is 0 Å². The molecule has 2 aliphatic heterocycles. The molecule has 0 aromatic carbocycles. The van der Waals surface area contributed by atoms with Crippen LogP contribution in [-0.2, 0) is 9.47 Å². The second kappa shape index (κ2) is 2.37. The average molecular weight is 157 g/mol. The first-order valence-electron chi connectivity index (χ1n) is 3.87. The van der Waals surface area contributed by atoms with Crippen molar-refractivity contribution in [1.82, 2.24) is 5.32 Å². The molecule has 1 spiro atoms. The lowest BCUT2D eigenvalue weighted by Crippen LogP contribution is -2.47. The summed E-state index contributed by atoms with van der Waals surface area (Å²) in [5.41, 5.74) is -0.338. The zero-order valence-corrected chi connectivity index (χ0v) is 6.26. The third-order valence-corrected chi connectivity index (χ3v) is 2.19. The first-order chi connectivity index (χ1) is 5.31. The summed E-state index contributed by atoms with van der Waals surface area (Å²) < 4.78 is 9.81. The van der Waals surface area contributed by atoms with Crippen molar-refractivity contribution in [3.63, 3.8) is 0 Å². The molecule has 4 heteroatoms. The summed E-state index contributed by atoms with van der Waals surface area (Å²) >= 11 is 0. The van der Waals surface area contributed by atoms with Crippen molar-refractivity contribution in [3.8, 4) is 0 Å². The van der Waals surface area contributed by atoms with Crippen molar-refractivity contribution >= 4 is 6.16 Å². The molecule has 0 radical (unpaired) electrons. The first-order valence-corrected chi connectivity index (χ1v) is 3.87. The van der Waals surface area contributed by atoms with E-state index in [4.69, 9.17) is 9.47 Å². The maximum atomic E-state index is 10.6. The van der Waals surface area contributed by atoms with Gasteiger partial charge in [0.1, 0.15) is 6.61 Å². The van der Waals surface area contributed by atoms with E-state index in [2.05, 4.69) is 5.32 Å². The molecule has 0 saturated carbocycles. The van der Waals surface area contributed by atoms with E-state index in [9.17, 15) is 4.79 Å². The van der Waals surface area contributed by atoms with Crippen molar-refractivity contribution in [2.45, 2.75) is 18.4 Å². The molecule has 1 atom stereocenters. The Morgan fingerprint density at radius 3 is 3.00 bits per heavy atom. The zero-order chi connectivity index (χ0) is 7.73. The van der Waals surface area contributed by atoms with Gasteiger partial charge in [-0.25, -0.2) is 4.79 Å². The van der Waals surface area contributed by atoms with Gasteiger partial charge in [0, 0.05) is 6.54 Å². The smallest absolute Gasteiger partial charge is 0.430 e. The van der Waals surface area contributed by atoms with Crippen molar-refractivity contribution < 1.29 is 14.3 Å². The minimum Gasteiger partial charge on any atom is -0.430 e. The normalized spacial score (nSPS) is 36.9. The van der Waals surface area contributed by atoms with Gasteiger partial charge < -0.3 is 14.8 Å². The van der Waals surface area contributed by atoms with Crippen LogP contribution in [0.1, 0.15) is 12.8 Å². The molecule has 0 bridgehead atoms. The van der Waals surface area contributed by atoms with Crippen LogP contribution in [0.15, 0.2) is 0 Å². The summed E-state index contributed by atoms with van der Waals surface area (Å²) in [6.07, 6.45) is 1.45. The van der Waals surface area contributed by atoms with Crippen LogP contribution in [0.5, 0.6) is 0 Å². The highest BCUT2D eigenvalue weighted by Crippen LogP contribution is 2.26. The largest absolute Gasteiger partial charge is 0.509 e. The summed E-state index contributed by atoms with van der Waals surface area (Å²) in [4.78, 5) is 10.6. The van der Waals surface area contributed by atoms with Gasteiger partial charge >= 0.3 is 6.16 Å². The summed E-state index contributed by atoms with van der Waals surface area (Å²) in [5.74, 6) is 0. The molecule has 2 fully saturated rings. The molecule has 4 nitrogen and oxygen atoms in total. The van der Waals surface area contributed by atoms with E-state index in [1.807, 2.05) is 0 Å². The molecule has 1 N–H and O–H groups in total. The van der Waals surface area contributed by atoms with Gasteiger partial charge in [-0.1, -0.05) is 0 Å². The molecule has 2 aliphatic rings. The van der Waals surface area contributed by atoms with Gasteiger partial charge in [0.25, 0.3) is 0 Å². The van der Waals surface area contributed by atoms with Gasteiger partial charge in [-0.3, -0.25) is 0 Å². The number of ether oxygens (including phenoxy) is 2. The molecule has 0 amide bonds. The van der Waals surface area contributed by atoms with Crippen LogP contribution < -0.4 is 5.32 Å². The number of piperidine rings is 1. The van der Waals surface area contributed by atoms with Gasteiger partial charge in [-0.05, 0) is 19.4 Å². The summed E-state index contributed by atoms with van der Waals surface area (Å²) in [7, 11) is 0. The van der Waals surface area contributed by atoms with Crippen LogP contribution in [0.4, 0.5) is 4.79 Å². The number of cyclic esters (lactones) is 1. The van der Waals surface area contributed by atoms with Crippen LogP contribution in [0.2, 0.25) is 0 Å². The SMILES string of the molecule is O=C1OCC2(CCCNC2)O1. The predicted octanol–water partition coefficient (Wildman–Crippen LogP) is 0.275.